The van der Waals surface area contributed by atoms with Crippen molar-refractivity contribution in [1.82, 2.24) is 0 Å². The fraction of sp³-hybridized carbons (Fsp3) is 0.385. The third-order valence-corrected chi connectivity index (χ3v) is 4.09. The molecule has 0 heterocycles. The number of benzene rings is 1. The number of nitrogens with two attached hydrogens (primary N) is 1. The lowest BCUT2D eigenvalue weighted by Gasteiger charge is -2.09. The first-order valence-electron chi connectivity index (χ1n) is 6.03. The standard InChI is InChI=1S/C13H17NO5S/c14-13(17)9-20(18,19)8-12(16)11(15)7-6-10-4-2-1-3-5-10/h1-5,11,15H,6-9H2,(H2,14,17). The van der Waals surface area contributed by atoms with Gasteiger partial charge in [-0.15, -0.1) is 0 Å². The molecule has 110 valence electrons. The minimum atomic E-state index is -3.89. The van der Waals surface area contributed by atoms with Gasteiger partial charge in [-0.2, -0.15) is 0 Å². The number of aryl methyl sites for hydroxylation is 1. The zero-order valence-corrected chi connectivity index (χ0v) is 11.7. The summed E-state index contributed by atoms with van der Waals surface area (Å²) in [5, 5.41) is 9.65. The Labute approximate surface area is 117 Å². The molecule has 0 aromatic heterocycles. The van der Waals surface area contributed by atoms with Crippen LogP contribution in [0, 0.1) is 0 Å². The highest BCUT2D eigenvalue weighted by molar-refractivity contribution is 7.92. The molecular formula is C13H17NO5S. The van der Waals surface area contributed by atoms with E-state index in [2.05, 4.69) is 0 Å². The normalized spacial score (nSPS) is 12.8. The number of carbonyl (C=O) groups is 2. The highest BCUT2D eigenvalue weighted by Crippen LogP contribution is 2.06. The van der Waals surface area contributed by atoms with E-state index in [-0.39, 0.29) is 6.42 Å². The Kier molecular flexibility index (Phi) is 5.84. The van der Waals surface area contributed by atoms with Crippen LogP contribution in [0.1, 0.15) is 12.0 Å². The summed E-state index contributed by atoms with van der Waals surface area (Å²) in [4.78, 5) is 22.1. The predicted octanol–water partition coefficient (Wildman–Crippen LogP) is -0.551. The summed E-state index contributed by atoms with van der Waals surface area (Å²) in [6.45, 7) is 0. The van der Waals surface area contributed by atoms with Crippen LogP contribution in [0.3, 0.4) is 0 Å². The third-order valence-electron chi connectivity index (χ3n) is 2.65. The molecule has 1 rings (SSSR count). The molecule has 0 spiro atoms. The number of amides is 1. The molecule has 1 aromatic rings. The van der Waals surface area contributed by atoms with E-state index in [1.165, 1.54) is 0 Å². The number of Topliss-reactive ketones (excluding diaryl/α,β-unsaturated/α-hetero) is 1. The number of aliphatic hydroxyl groups excluding tert-OH is 1. The van der Waals surface area contributed by atoms with E-state index in [9.17, 15) is 23.1 Å². The second-order valence-corrected chi connectivity index (χ2v) is 6.57. The zero-order valence-electron chi connectivity index (χ0n) is 10.9. The molecule has 6 nitrogen and oxygen atoms in total. The highest BCUT2D eigenvalue weighted by Gasteiger charge is 2.24. The number of rotatable bonds is 8. The Balaban J connectivity index is 2.49. The number of aliphatic hydroxyl groups is 1. The summed E-state index contributed by atoms with van der Waals surface area (Å²) >= 11 is 0. The molecule has 0 saturated carbocycles. The SMILES string of the molecule is NC(=O)CS(=O)(=O)CC(=O)C(O)CCc1ccccc1. The van der Waals surface area contributed by atoms with Crippen molar-refractivity contribution in [3.63, 3.8) is 0 Å². The van der Waals surface area contributed by atoms with Crippen molar-refractivity contribution < 1.29 is 23.1 Å². The minimum absolute atomic E-state index is 0.134. The van der Waals surface area contributed by atoms with Gasteiger partial charge in [0.15, 0.2) is 15.6 Å². The quantitative estimate of drug-likeness (QED) is 0.668. The monoisotopic (exact) mass is 299 g/mol. The van der Waals surface area contributed by atoms with Crippen LogP contribution in [0.4, 0.5) is 0 Å². The van der Waals surface area contributed by atoms with Crippen molar-refractivity contribution in [2.24, 2.45) is 5.73 Å². The van der Waals surface area contributed by atoms with Crippen molar-refractivity contribution in [2.45, 2.75) is 18.9 Å². The lowest BCUT2D eigenvalue weighted by Crippen LogP contribution is -2.33. The average molecular weight is 299 g/mol. The Morgan fingerprint density at radius 1 is 1.15 bits per heavy atom. The van der Waals surface area contributed by atoms with Crippen LogP contribution in [0.2, 0.25) is 0 Å². The second kappa shape index (κ2) is 7.16. The molecule has 1 amide bonds. The molecule has 1 atom stereocenters. The molecule has 0 aliphatic heterocycles. The maximum absolute atomic E-state index is 11.6. The molecule has 1 aromatic carbocycles. The number of sulfone groups is 1. The van der Waals surface area contributed by atoms with Gasteiger partial charge in [0.2, 0.25) is 5.91 Å². The topological polar surface area (TPSA) is 115 Å². The van der Waals surface area contributed by atoms with E-state index < -0.39 is 39.1 Å². The number of carbonyl (C=O) groups excluding carboxylic acids is 2. The van der Waals surface area contributed by atoms with Crippen LogP contribution in [0.5, 0.6) is 0 Å². The van der Waals surface area contributed by atoms with E-state index in [1.807, 2.05) is 30.3 Å². The Morgan fingerprint density at radius 3 is 2.30 bits per heavy atom. The molecule has 1 unspecified atom stereocenters. The second-order valence-electron chi connectivity index (χ2n) is 4.50. The van der Waals surface area contributed by atoms with Gasteiger partial charge in [-0.05, 0) is 18.4 Å². The first kappa shape index (κ1) is 16.3. The molecule has 0 radical (unpaired) electrons. The first-order chi connectivity index (χ1) is 9.30. The van der Waals surface area contributed by atoms with Gasteiger partial charge in [0.1, 0.15) is 17.6 Å². The molecule has 0 aliphatic rings. The van der Waals surface area contributed by atoms with Gasteiger partial charge in [-0.25, -0.2) is 8.42 Å². The van der Waals surface area contributed by atoms with Crippen LogP contribution < -0.4 is 5.73 Å². The molecule has 0 fully saturated rings. The van der Waals surface area contributed by atoms with Crippen molar-refractivity contribution in [2.75, 3.05) is 11.5 Å². The van der Waals surface area contributed by atoms with E-state index in [4.69, 9.17) is 5.73 Å². The highest BCUT2D eigenvalue weighted by atomic mass is 32.2. The van der Waals surface area contributed by atoms with E-state index in [0.29, 0.717) is 6.42 Å². The minimum Gasteiger partial charge on any atom is -0.385 e. The summed E-state index contributed by atoms with van der Waals surface area (Å²) in [5.74, 6) is -3.59. The van der Waals surface area contributed by atoms with Gasteiger partial charge in [0.05, 0.1) is 0 Å². The zero-order chi connectivity index (χ0) is 15.2. The fourth-order valence-corrected chi connectivity index (χ4v) is 2.85. The smallest absolute Gasteiger partial charge is 0.232 e. The Bertz CT molecular complexity index is 568. The van der Waals surface area contributed by atoms with Gasteiger partial charge >= 0.3 is 0 Å². The van der Waals surface area contributed by atoms with Gasteiger partial charge in [-0.1, -0.05) is 30.3 Å². The van der Waals surface area contributed by atoms with Crippen molar-refractivity contribution in [1.29, 1.82) is 0 Å². The molecule has 0 bridgehead atoms. The van der Waals surface area contributed by atoms with Crippen molar-refractivity contribution in [3.05, 3.63) is 35.9 Å². The number of hydrogen-bond donors (Lipinski definition) is 2. The third kappa shape index (κ3) is 5.94. The van der Waals surface area contributed by atoms with Gasteiger partial charge in [0.25, 0.3) is 0 Å². The van der Waals surface area contributed by atoms with E-state index in [0.717, 1.165) is 5.56 Å². The number of primary amides is 1. The number of hydrogen-bond acceptors (Lipinski definition) is 5. The van der Waals surface area contributed by atoms with Crippen LogP contribution >= 0.6 is 0 Å². The molecular weight excluding hydrogens is 282 g/mol. The Hall–Kier alpha value is -1.73. The van der Waals surface area contributed by atoms with Crippen LogP contribution in [0.15, 0.2) is 30.3 Å². The van der Waals surface area contributed by atoms with Crippen molar-refractivity contribution >= 4 is 21.5 Å². The average Bonchev–Trinajstić information content (AvgIpc) is 2.34. The molecule has 3 N–H and O–H groups in total. The van der Waals surface area contributed by atoms with Crippen molar-refractivity contribution in [3.8, 4) is 0 Å². The largest absolute Gasteiger partial charge is 0.385 e. The maximum Gasteiger partial charge on any atom is 0.232 e. The fourth-order valence-electron chi connectivity index (χ4n) is 1.69. The van der Waals surface area contributed by atoms with Crippen LogP contribution in [-0.2, 0) is 25.8 Å². The lowest BCUT2D eigenvalue weighted by molar-refractivity contribution is -0.124. The van der Waals surface area contributed by atoms with Gasteiger partial charge in [-0.3, -0.25) is 9.59 Å². The van der Waals surface area contributed by atoms with Gasteiger partial charge < -0.3 is 10.8 Å². The van der Waals surface area contributed by atoms with Gasteiger partial charge in [0, 0.05) is 0 Å². The van der Waals surface area contributed by atoms with E-state index >= 15 is 0 Å². The van der Waals surface area contributed by atoms with Crippen LogP contribution in [-0.4, -0.2) is 42.8 Å². The first-order valence-corrected chi connectivity index (χ1v) is 7.86. The molecule has 7 heteroatoms. The summed E-state index contributed by atoms with van der Waals surface area (Å²) in [5.41, 5.74) is 5.72. The lowest BCUT2D eigenvalue weighted by atomic mass is 10.1. The summed E-state index contributed by atoms with van der Waals surface area (Å²) in [7, 11) is -3.89. The molecule has 0 saturated heterocycles. The summed E-state index contributed by atoms with van der Waals surface area (Å²) in [6.07, 6.45) is -0.767. The summed E-state index contributed by atoms with van der Waals surface area (Å²) in [6, 6.07) is 9.21. The number of ketones is 1. The van der Waals surface area contributed by atoms with E-state index in [1.54, 1.807) is 0 Å². The summed E-state index contributed by atoms with van der Waals surface area (Å²) < 4.78 is 22.8. The maximum atomic E-state index is 11.6. The molecule has 20 heavy (non-hydrogen) atoms. The predicted molar refractivity (Wildman–Crippen MR) is 73.6 cm³/mol. The van der Waals surface area contributed by atoms with Crippen LogP contribution in [0.25, 0.3) is 0 Å². The Morgan fingerprint density at radius 2 is 1.75 bits per heavy atom. The molecule has 0 aliphatic carbocycles.